The number of likely N-dealkylation sites (tertiary alicyclic amines) is 1. The lowest BCUT2D eigenvalue weighted by Crippen LogP contribution is -2.33. The molecule has 2 amide bonds. The molecule has 2 heterocycles. The molecular weight excluding hydrogens is 420 g/mol. The van der Waals surface area contributed by atoms with Gasteiger partial charge in [-0.15, -0.1) is 0 Å². The average molecular weight is 445 g/mol. The van der Waals surface area contributed by atoms with Crippen LogP contribution in [-0.2, 0) is 17.6 Å². The van der Waals surface area contributed by atoms with Crippen molar-refractivity contribution in [3.63, 3.8) is 0 Å². The summed E-state index contributed by atoms with van der Waals surface area (Å²) in [6.07, 6.45) is 6.49. The lowest BCUT2D eigenvalue weighted by atomic mass is 9.95. The number of fused-ring (bicyclic) bond motifs is 1. The van der Waals surface area contributed by atoms with E-state index < -0.39 is 0 Å². The highest BCUT2D eigenvalue weighted by Gasteiger charge is 2.26. The van der Waals surface area contributed by atoms with Crippen molar-refractivity contribution in [2.24, 2.45) is 0 Å². The largest absolute Gasteiger partial charge is 0.350 e. The van der Waals surface area contributed by atoms with Gasteiger partial charge in [0.25, 0.3) is 5.91 Å². The fourth-order valence-electron chi connectivity index (χ4n) is 4.09. The Morgan fingerprint density at radius 2 is 1.89 bits per heavy atom. The number of hydrogen-bond donors (Lipinski definition) is 1. The molecule has 0 unspecified atom stereocenters. The first-order chi connectivity index (χ1) is 13.6. The number of benzene rings is 1. The Morgan fingerprint density at radius 1 is 1.11 bits per heavy atom. The number of carbonyl (C=O) groups excluding carboxylic acids is 2. The van der Waals surface area contributed by atoms with Gasteiger partial charge in [-0.05, 0) is 56.7 Å². The van der Waals surface area contributed by atoms with Gasteiger partial charge in [0, 0.05) is 41.8 Å². The lowest BCUT2D eigenvalue weighted by molar-refractivity contribution is -0.129. The van der Waals surface area contributed by atoms with E-state index in [-0.39, 0.29) is 11.8 Å². The summed E-state index contributed by atoms with van der Waals surface area (Å²) in [5.74, 6) is -0.0550. The normalized spacial score (nSPS) is 16.1. The Labute approximate surface area is 173 Å². The number of aromatic nitrogens is 2. The predicted molar refractivity (Wildman–Crippen MR) is 111 cm³/mol. The van der Waals surface area contributed by atoms with Gasteiger partial charge in [-0.3, -0.25) is 9.59 Å². The third kappa shape index (κ3) is 3.99. The molecular formula is C21H25BrN4O2. The van der Waals surface area contributed by atoms with Crippen LogP contribution in [0, 0.1) is 0 Å². The maximum Gasteiger partial charge on any atom is 0.272 e. The smallest absolute Gasteiger partial charge is 0.272 e. The first-order valence-electron chi connectivity index (χ1n) is 10.1. The summed E-state index contributed by atoms with van der Waals surface area (Å²) in [5, 5.41) is 7.57. The zero-order chi connectivity index (χ0) is 19.5. The van der Waals surface area contributed by atoms with Crippen LogP contribution in [0.2, 0.25) is 0 Å². The summed E-state index contributed by atoms with van der Waals surface area (Å²) >= 11 is 3.51. The second-order valence-electron chi connectivity index (χ2n) is 7.47. The summed E-state index contributed by atoms with van der Waals surface area (Å²) in [4.78, 5) is 26.9. The number of rotatable bonds is 5. The van der Waals surface area contributed by atoms with Crippen LogP contribution in [0.15, 0.2) is 28.7 Å². The fraction of sp³-hybridized carbons (Fsp3) is 0.476. The molecule has 28 heavy (non-hydrogen) atoms. The molecule has 2 aromatic rings. The van der Waals surface area contributed by atoms with E-state index in [0.717, 1.165) is 73.0 Å². The van der Waals surface area contributed by atoms with Gasteiger partial charge in [0.2, 0.25) is 5.91 Å². The van der Waals surface area contributed by atoms with Crippen molar-refractivity contribution in [1.29, 1.82) is 0 Å². The molecule has 148 valence electrons. The quantitative estimate of drug-likeness (QED) is 0.769. The maximum absolute atomic E-state index is 12.8. The van der Waals surface area contributed by atoms with E-state index in [1.807, 2.05) is 33.8 Å². The molecule has 1 aliphatic heterocycles. The van der Waals surface area contributed by atoms with Gasteiger partial charge in [-0.2, -0.15) is 5.10 Å². The third-order valence-corrected chi connectivity index (χ3v) is 6.02. The van der Waals surface area contributed by atoms with Crippen LogP contribution in [0.5, 0.6) is 0 Å². The van der Waals surface area contributed by atoms with E-state index in [2.05, 4.69) is 26.3 Å². The van der Waals surface area contributed by atoms with Gasteiger partial charge in [0.05, 0.1) is 5.69 Å². The monoisotopic (exact) mass is 444 g/mol. The molecule has 0 saturated carbocycles. The minimum Gasteiger partial charge on any atom is -0.350 e. The highest BCUT2D eigenvalue weighted by atomic mass is 79.9. The summed E-state index contributed by atoms with van der Waals surface area (Å²) in [6, 6.07) is 7.96. The Hall–Kier alpha value is -2.15. The van der Waals surface area contributed by atoms with E-state index in [1.54, 1.807) is 0 Å². The highest BCUT2D eigenvalue weighted by Crippen LogP contribution is 2.28. The molecule has 2 aliphatic rings. The van der Waals surface area contributed by atoms with E-state index in [4.69, 9.17) is 0 Å². The van der Waals surface area contributed by atoms with Crippen LogP contribution in [0.3, 0.4) is 0 Å². The number of nitrogens with zero attached hydrogens (tertiary/aromatic N) is 3. The Bertz CT molecular complexity index is 887. The molecule has 7 heteroatoms. The maximum atomic E-state index is 12.8. The number of nitrogens with one attached hydrogen (secondary N) is 1. The standard InChI is InChI=1S/C21H25BrN4O2/c22-15-6-5-7-16(14-15)26-18-9-2-1-8-17(18)20(24-26)21(28)23-11-10-19(27)25-12-3-4-13-25/h5-7,14H,1-4,8-13H2,(H,23,28). The van der Waals surface area contributed by atoms with Crippen LogP contribution >= 0.6 is 15.9 Å². The van der Waals surface area contributed by atoms with Gasteiger partial charge in [-0.25, -0.2) is 4.68 Å². The SMILES string of the molecule is O=C(NCCC(=O)N1CCCC1)c1nn(-c2cccc(Br)c2)c2c1CCCC2. The van der Waals surface area contributed by atoms with E-state index >= 15 is 0 Å². The molecule has 0 atom stereocenters. The predicted octanol–water partition coefficient (Wildman–Crippen LogP) is 3.26. The Morgan fingerprint density at radius 3 is 2.68 bits per heavy atom. The molecule has 0 radical (unpaired) electrons. The van der Waals surface area contributed by atoms with Crippen LogP contribution < -0.4 is 5.32 Å². The van der Waals surface area contributed by atoms with Gasteiger partial charge in [0.15, 0.2) is 5.69 Å². The summed E-state index contributed by atoms with van der Waals surface area (Å²) in [6.45, 7) is 2.04. The van der Waals surface area contributed by atoms with Crippen molar-refractivity contribution < 1.29 is 9.59 Å². The van der Waals surface area contributed by atoms with Crippen molar-refractivity contribution in [3.8, 4) is 5.69 Å². The van der Waals surface area contributed by atoms with Crippen molar-refractivity contribution in [2.75, 3.05) is 19.6 Å². The third-order valence-electron chi connectivity index (χ3n) is 5.53. The Balaban J connectivity index is 1.49. The van der Waals surface area contributed by atoms with Crippen LogP contribution in [0.4, 0.5) is 0 Å². The van der Waals surface area contributed by atoms with Gasteiger partial charge in [-0.1, -0.05) is 22.0 Å². The second-order valence-corrected chi connectivity index (χ2v) is 8.38. The van der Waals surface area contributed by atoms with Crippen LogP contribution in [0.25, 0.3) is 5.69 Å². The zero-order valence-electron chi connectivity index (χ0n) is 15.9. The molecule has 0 spiro atoms. The van der Waals surface area contributed by atoms with Crippen molar-refractivity contribution >= 4 is 27.7 Å². The van der Waals surface area contributed by atoms with Gasteiger partial charge in [0.1, 0.15) is 0 Å². The summed E-state index contributed by atoms with van der Waals surface area (Å²) in [5.41, 5.74) is 3.64. The lowest BCUT2D eigenvalue weighted by Gasteiger charge is -2.15. The molecule has 1 aromatic carbocycles. The van der Waals surface area contributed by atoms with Crippen molar-refractivity contribution in [3.05, 3.63) is 45.7 Å². The fourth-order valence-corrected chi connectivity index (χ4v) is 4.48. The van der Waals surface area contributed by atoms with Gasteiger partial charge < -0.3 is 10.2 Å². The minimum atomic E-state index is -0.180. The first-order valence-corrected chi connectivity index (χ1v) is 10.9. The number of amides is 2. The first kappa shape index (κ1) is 19.2. The highest BCUT2D eigenvalue weighted by molar-refractivity contribution is 9.10. The zero-order valence-corrected chi connectivity index (χ0v) is 17.5. The minimum absolute atomic E-state index is 0.125. The summed E-state index contributed by atoms with van der Waals surface area (Å²) in [7, 11) is 0. The molecule has 1 fully saturated rings. The molecule has 1 N–H and O–H groups in total. The van der Waals surface area contributed by atoms with Crippen molar-refractivity contribution in [2.45, 2.75) is 44.9 Å². The summed E-state index contributed by atoms with van der Waals surface area (Å²) < 4.78 is 2.89. The van der Waals surface area contributed by atoms with E-state index in [9.17, 15) is 9.59 Å². The molecule has 1 aliphatic carbocycles. The van der Waals surface area contributed by atoms with Crippen LogP contribution in [0.1, 0.15) is 53.8 Å². The molecule has 6 nitrogen and oxygen atoms in total. The van der Waals surface area contributed by atoms with Crippen molar-refractivity contribution in [1.82, 2.24) is 20.0 Å². The average Bonchev–Trinajstić information content (AvgIpc) is 3.36. The molecule has 0 bridgehead atoms. The second kappa shape index (κ2) is 8.47. The van der Waals surface area contributed by atoms with E-state index in [0.29, 0.717) is 18.7 Å². The number of carbonyl (C=O) groups is 2. The Kier molecular flexibility index (Phi) is 5.80. The molecule has 1 saturated heterocycles. The topological polar surface area (TPSA) is 67.2 Å². The van der Waals surface area contributed by atoms with Gasteiger partial charge >= 0.3 is 0 Å². The van der Waals surface area contributed by atoms with E-state index in [1.165, 1.54) is 0 Å². The number of hydrogen-bond acceptors (Lipinski definition) is 3. The molecule has 1 aromatic heterocycles. The van der Waals surface area contributed by atoms with Crippen LogP contribution in [-0.4, -0.2) is 46.1 Å². The molecule has 4 rings (SSSR count). The number of halogens is 1.